The third-order valence-corrected chi connectivity index (χ3v) is 4.78. The molecular weight excluding hydrogens is 376 g/mol. The Morgan fingerprint density at radius 2 is 1.70 bits per heavy atom. The summed E-state index contributed by atoms with van der Waals surface area (Å²) in [5.74, 6) is 0.991. The lowest BCUT2D eigenvalue weighted by molar-refractivity contribution is -0.118. The standard InChI is InChI=1S/C25H24N2O3/c1-15-8-16(2)11-21(10-15)29-14-23(28)26-20-7-5-6-19(13-20)25-27-22-12-17(3)9-18(4)24(22)30-25/h5-13H,14H2,1-4H3,(H,26,28). The number of anilines is 1. The van der Waals surface area contributed by atoms with Crippen LogP contribution < -0.4 is 10.1 Å². The van der Waals surface area contributed by atoms with Gasteiger partial charge in [0.05, 0.1) is 0 Å². The number of oxazole rings is 1. The summed E-state index contributed by atoms with van der Waals surface area (Å²) < 4.78 is 11.6. The van der Waals surface area contributed by atoms with Gasteiger partial charge in [0, 0.05) is 11.3 Å². The monoisotopic (exact) mass is 400 g/mol. The number of aromatic nitrogens is 1. The molecule has 0 radical (unpaired) electrons. The lowest BCUT2D eigenvalue weighted by Crippen LogP contribution is -2.20. The summed E-state index contributed by atoms with van der Waals surface area (Å²) in [5, 5.41) is 2.87. The number of hydrogen-bond donors (Lipinski definition) is 1. The van der Waals surface area contributed by atoms with E-state index >= 15 is 0 Å². The van der Waals surface area contributed by atoms with E-state index in [2.05, 4.69) is 22.4 Å². The molecule has 4 aromatic rings. The van der Waals surface area contributed by atoms with Gasteiger partial charge in [-0.1, -0.05) is 18.2 Å². The van der Waals surface area contributed by atoms with E-state index in [0.717, 1.165) is 38.9 Å². The van der Waals surface area contributed by atoms with Crippen molar-refractivity contribution in [3.63, 3.8) is 0 Å². The molecule has 5 heteroatoms. The average molecular weight is 400 g/mol. The number of ether oxygens (including phenoxy) is 1. The summed E-state index contributed by atoms with van der Waals surface area (Å²) in [5.41, 5.74) is 7.48. The van der Waals surface area contributed by atoms with Crippen LogP contribution in [0.2, 0.25) is 0 Å². The second kappa shape index (κ2) is 8.03. The van der Waals surface area contributed by atoms with Crippen molar-refractivity contribution in [3.8, 4) is 17.2 Å². The second-order valence-corrected chi connectivity index (χ2v) is 7.69. The molecule has 30 heavy (non-hydrogen) atoms. The zero-order chi connectivity index (χ0) is 21.3. The van der Waals surface area contributed by atoms with E-state index in [-0.39, 0.29) is 12.5 Å². The van der Waals surface area contributed by atoms with Crippen LogP contribution in [0.15, 0.2) is 59.0 Å². The highest BCUT2D eigenvalue weighted by Crippen LogP contribution is 2.28. The Hall–Kier alpha value is -3.60. The molecule has 0 saturated heterocycles. The largest absolute Gasteiger partial charge is 0.484 e. The molecule has 0 unspecified atom stereocenters. The van der Waals surface area contributed by atoms with Gasteiger partial charge in [-0.2, -0.15) is 0 Å². The van der Waals surface area contributed by atoms with Gasteiger partial charge in [0.25, 0.3) is 5.91 Å². The molecule has 0 atom stereocenters. The highest BCUT2D eigenvalue weighted by Gasteiger charge is 2.12. The smallest absolute Gasteiger partial charge is 0.262 e. The molecule has 0 spiro atoms. The van der Waals surface area contributed by atoms with E-state index in [1.165, 1.54) is 0 Å². The molecule has 5 nitrogen and oxygen atoms in total. The first kappa shape index (κ1) is 19.7. The molecule has 0 saturated carbocycles. The SMILES string of the molecule is Cc1cc(C)cc(OCC(=O)Nc2cccc(-c3nc4cc(C)cc(C)c4o3)c2)c1. The molecule has 1 aromatic heterocycles. The number of nitrogens with one attached hydrogen (secondary N) is 1. The third kappa shape index (κ3) is 4.35. The van der Waals surface area contributed by atoms with E-state index in [9.17, 15) is 4.79 Å². The molecule has 152 valence electrons. The lowest BCUT2D eigenvalue weighted by Gasteiger charge is -2.09. The fourth-order valence-electron chi connectivity index (χ4n) is 3.59. The number of aryl methyl sites for hydroxylation is 4. The maximum Gasteiger partial charge on any atom is 0.262 e. The Balaban J connectivity index is 1.48. The zero-order valence-corrected chi connectivity index (χ0v) is 17.6. The minimum Gasteiger partial charge on any atom is -0.484 e. The van der Waals surface area contributed by atoms with E-state index in [1.54, 1.807) is 0 Å². The molecule has 4 rings (SSSR count). The molecule has 0 aliphatic heterocycles. The van der Waals surface area contributed by atoms with Crippen molar-refractivity contribution in [2.45, 2.75) is 27.7 Å². The molecular formula is C25H24N2O3. The van der Waals surface area contributed by atoms with Gasteiger partial charge in [-0.25, -0.2) is 4.98 Å². The van der Waals surface area contributed by atoms with Gasteiger partial charge in [-0.3, -0.25) is 4.79 Å². The first-order chi connectivity index (χ1) is 14.4. The summed E-state index contributed by atoms with van der Waals surface area (Å²) in [6, 6.07) is 17.4. The predicted octanol–water partition coefficient (Wildman–Crippen LogP) is 5.75. The summed E-state index contributed by atoms with van der Waals surface area (Å²) >= 11 is 0. The van der Waals surface area contributed by atoms with Crippen LogP contribution in [-0.4, -0.2) is 17.5 Å². The fraction of sp³-hybridized carbons (Fsp3) is 0.200. The fourth-order valence-corrected chi connectivity index (χ4v) is 3.59. The van der Waals surface area contributed by atoms with Crippen molar-refractivity contribution < 1.29 is 13.9 Å². The van der Waals surface area contributed by atoms with Gasteiger partial charge in [-0.15, -0.1) is 0 Å². The van der Waals surface area contributed by atoms with Crippen LogP contribution >= 0.6 is 0 Å². The van der Waals surface area contributed by atoms with E-state index in [0.29, 0.717) is 17.3 Å². The average Bonchev–Trinajstić information content (AvgIpc) is 3.10. The zero-order valence-electron chi connectivity index (χ0n) is 17.6. The van der Waals surface area contributed by atoms with Crippen molar-refractivity contribution >= 4 is 22.7 Å². The number of hydrogen-bond acceptors (Lipinski definition) is 4. The number of carbonyl (C=O) groups excluding carboxylic acids is 1. The molecule has 1 N–H and O–H groups in total. The molecule has 1 amide bonds. The van der Waals surface area contributed by atoms with Crippen LogP contribution in [0.5, 0.6) is 5.75 Å². The summed E-state index contributed by atoms with van der Waals surface area (Å²) in [4.78, 5) is 17.0. The van der Waals surface area contributed by atoms with Crippen molar-refractivity contribution in [1.82, 2.24) is 4.98 Å². The highest BCUT2D eigenvalue weighted by atomic mass is 16.5. The van der Waals surface area contributed by atoms with E-state index in [1.807, 2.05) is 70.2 Å². The number of rotatable bonds is 5. The predicted molar refractivity (Wildman–Crippen MR) is 119 cm³/mol. The van der Waals surface area contributed by atoms with Gasteiger partial charge in [0.1, 0.15) is 11.3 Å². The van der Waals surface area contributed by atoms with Crippen LogP contribution in [0, 0.1) is 27.7 Å². The molecule has 3 aromatic carbocycles. The quantitative estimate of drug-likeness (QED) is 0.463. The molecule has 0 aliphatic carbocycles. The van der Waals surface area contributed by atoms with E-state index < -0.39 is 0 Å². The number of benzene rings is 3. The third-order valence-electron chi connectivity index (χ3n) is 4.78. The summed E-state index contributed by atoms with van der Waals surface area (Å²) in [6.45, 7) is 7.99. The van der Waals surface area contributed by atoms with Crippen molar-refractivity contribution in [1.29, 1.82) is 0 Å². The Bertz CT molecular complexity index is 1220. The van der Waals surface area contributed by atoms with Crippen LogP contribution in [-0.2, 0) is 4.79 Å². The number of amides is 1. The topological polar surface area (TPSA) is 64.4 Å². The van der Waals surface area contributed by atoms with Gasteiger partial charge < -0.3 is 14.5 Å². The van der Waals surface area contributed by atoms with Crippen LogP contribution in [0.4, 0.5) is 5.69 Å². The van der Waals surface area contributed by atoms with Gasteiger partial charge in [0.15, 0.2) is 12.2 Å². The van der Waals surface area contributed by atoms with Gasteiger partial charge >= 0.3 is 0 Å². The Morgan fingerprint density at radius 1 is 0.967 bits per heavy atom. The molecule has 1 heterocycles. The first-order valence-electron chi connectivity index (χ1n) is 9.86. The van der Waals surface area contributed by atoms with Crippen LogP contribution in [0.25, 0.3) is 22.6 Å². The van der Waals surface area contributed by atoms with Crippen molar-refractivity contribution in [2.75, 3.05) is 11.9 Å². The number of carbonyl (C=O) groups is 1. The lowest BCUT2D eigenvalue weighted by atomic mass is 10.1. The first-order valence-corrected chi connectivity index (χ1v) is 9.86. The number of nitrogens with zero attached hydrogens (tertiary/aromatic N) is 1. The summed E-state index contributed by atoms with van der Waals surface area (Å²) in [6.07, 6.45) is 0. The number of fused-ring (bicyclic) bond motifs is 1. The van der Waals surface area contributed by atoms with Gasteiger partial charge in [-0.05, 0) is 86.3 Å². The maximum atomic E-state index is 12.4. The minimum absolute atomic E-state index is 0.0610. The van der Waals surface area contributed by atoms with Gasteiger partial charge in [0.2, 0.25) is 5.89 Å². The van der Waals surface area contributed by atoms with Crippen LogP contribution in [0.3, 0.4) is 0 Å². The molecule has 0 aliphatic rings. The second-order valence-electron chi connectivity index (χ2n) is 7.69. The van der Waals surface area contributed by atoms with Crippen molar-refractivity contribution in [3.05, 3.63) is 76.9 Å². The van der Waals surface area contributed by atoms with E-state index in [4.69, 9.17) is 9.15 Å². The minimum atomic E-state index is -0.227. The normalized spacial score (nSPS) is 10.9. The highest BCUT2D eigenvalue weighted by molar-refractivity contribution is 5.92. The Morgan fingerprint density at radius 3 is 2.47 bits per heavy atom. The maximum absolute atomic E-state index is 12.4. The molecule has 0 bridgehead atoms. The van der Waals surface area contributed by atoms with Crippen molar-refractivity contribution in [2.24, 2.45) is 0 Å². The Kier molecular flexibility index (Phi) is 5.27. The molecule has 0 fully saturated rings. The van der Waals surface area contributed by atoms with Crippen LogP contribution in [0.1, 0.15) is 22.3 Å². The Labute approximate surface area is 175 Å². The summed E-state index contributed by atoms with van der Waals surface area (Å²) in [7, 11) is 0.